The molecule has 0 aliphatic carbocycles. The first kappa shape index (κ1) is 17.1. The molecule has 0 atom stereocenters. The molecule has 114 valence electrons. The summed E-state index contributed by atoms with van der Waals surface area (Å²) in [5.74, 6) is 0.690. The largest absolute Gasteiger partial charge is 0.313 e. The van der Waals surface area contributed by atoms with Gasteiger partial charge in [0.1, 0.15) is 0 Å². The van der Waals surface area contributed by atoms with E-state index in [9.17, 15) is 0 Å². The Morgan fingerprint density at radius 1 is 1.20 bits per heavy atom. The van der Waals surface area contributed by atoms with Gasteiger partial charge in [-0.3, -0.25) is 9.88 Å². The van der Waals surface area contributed by atoms with Crippen LogP contribution >= 0.6 is 0 Å². The molecular formula is C17H31N3. The van der Waals surface area contributed by atoms with Gasteiger partial charge in [0.05, 0.1) is 5.69 Å². The van der Waals surface area contributed by atoms with Gasteiger partial charge < -0.3 is 5.32 Å². The van der Waals surface area contributed by atoms with E-state index in [0.717, 1.165) is 26.2 Å². The van der Waals surface area contributed by atoms with Gasteiger partial charge in [0, 0.05) is 31.9 Å². The minimum absolute atomic E-state index is 0.560. The second kappa shape index (κ2) is 9.09. The zero-order valence-electron chi connectivity index (χ0n) is 13.8. The van der Waals surface area contributed by atoms with Crippen LogP contribution in [0, 0.1) is 5.92 Å². The average molecular weight is 277 g/mol. The number of aromatic nitrogens is 1. The molecule has 1 aromatic heterocycles. The van der Waals surface area contributed by atoms with Crippen molar-refractivity contribution in [3.63, 3.8) is 0 Å². The van der Waals surface area contributed by atoms with Crippen molar-refractivity contribution in [1.82, 2.24) is 15.2 Å². The van der Waals surface area contributed by atoms with Gasteiger partial charge >= 0.3 is 0 Å². The lowest BCUT2D eigenvalue weighted by atomic mass is 10.1. The highest BCUT2D eigenvalue weighted by Crippen LogP contribution is 2.10. The van der Waals surface area contributed by atoms with Gasteiger partial charge in [-0.05, 0) is 44.4 Å². The minimum Gasteiger partial charge on any atom is -0.313 e. The summed E-state index contributed by atoms with van der Waals surface area (Å²) < 4.78 is 0. The van der Waals surface area contributed by atoms with Crippen LogP contribution in [0.3, 0.4) is 0 Å². The van der Waals surface area contributed by atoms with Crippen molar-refractivity contribution in [3.05, 3.63) is 29.6 Å². The Labute approximate surface area is 124 Å². The molecule has 0 bridgehead atoms. The summed E-state index contributed by atoms with van der Waals surface area (Å²) >= 11 is 0. The van der Waals surface area contributed by atoms with Crippen LogP contribution in [0.4, 0.5) is 0 Å². The molecule has 20 heavy (non-hydrogen) atoms. The molecule has 3 nitrogen and oxygen atoms in total. The summed E-state index contributed by atoms with van der Waals surface area (Å²) in [6.07, 6.45) is 3.18. The lowest BCUT2D eigenvalue weighted by molar-refractivity contribution is 0.187. The van der Waals surface area contributed by atoms with Gasteiger partial charge in [-0.2, -0.15) is 0 Å². The Kier molecular flexibility index (Phi) is 7.78. The molecule has 0 aliphatic rings. The standard InChI is InChI=1S/C17H31N3/c1-6-9-18-10-16-7-8-17(19-11-16)13-20(15(4)5)12-14(2)3/h7-8,11,14-15,18H,6,9-10,12-13H2,1-5H3. The third-order valence-electron chi connectivity index (χ3n) is 3.34. The van der Waals surface area contributed by atoms with Crippen LogP contribution in [0.15, 0.2) is 18.3 Å². The van der Waals surface area contributed by atoms with Crippen molar-refractivity contribution in [1.29, 1.82) is 0 Å². The highest BCUT2D eigenvalue weighted by Gasteiger charge is 2.12. The van der Waals surface area contributed by atoms with Gasteiger partial charge in [0.2, 0.25) is 0 Å². The molecular weight excluding hydrogens is 246 g/mol. The predicted molar refractivity (Wildman–Crippen MR) is 86.6 cm³/mol. The van der Waals surface area contributed by atoms with Crippen LogP contribution < -0.4 is 5.32 Å². The second-order valence-electron chi connectivity index (χ2n) is 6.25. The number of hydrogen-bond acceptors (Lipinski definition) is 3. The van der Waals surface area contributed by atoms with Crippen molar-refractivity contribution < 1.29 is 0 Å². The van der Waals surface area contributed by atoms with E-state index in [1.807, 2.05) is 6.20 Å². The number of hydrogen-bond donors (Lipinski definition) is 1. The number of rotatable bonds is 9. The quantitative estimate of drug-likeness (QED) is 0.701. The van der Waals surface area contributed by atoms with E-state index in [-0.39, 0.29) is 0 Å². The summed E-state index contributed by atoms with van der Waals surface area (Å²) in [5.41, 5.74) is 2.43. The zero-order chi connectivity index (χ0) is 15.0. The Balaban J connectivity index is 2.54. The van der Waals surface area contributed by atoms with Crippen LogP contribution in [-0.4, -0.2) is 29.0 Å². The number of nitrogens with zero attached hydrogens (tertiary/aromatic N) is 2. The molecule has 1 heterocycles. The Morgan fingerprint density at radius 3 is 2.45 bits per heavy atom. The van der Waals surface area contributed by atoms with Crippen LogP contribution in [-0.2, 0) is 13.1 Å². The monoisotopic (exact) mass is 277 g/mol. The first-order valence-corrected chi connectivity index (χ1v) is 7.91. The van der Waals surface area contributed by atoms with Crippen LogP contribution in [0.2, 0.25) is 0 Å². The number of pyridine rings is 1. The Bertz CT molecular complexity index is 357. The average Bonchev–Trinajstić information content (AvgIpc) is 2.39. The van der Waals surface area contributed by atoms with Gasteiger partial charge in [0.15, 0.2) is 0 Å². The smallest absolute Gasteiger partial charge is 0.0544 e. The third-order valence-corrected chi connectivity index (χ3v) is 3.34. The molecule has 1 aromatic rings. The summed E-state index contributed by atoms with van der Waals surface area (Å²) in [6.45, 7) is 15.3. The number of nitrogens with one attached hydrogen (secondary N) is 1. The van der Waals surface area contributed by atoms with Crippen molar-refractivity contribution in [2.75, 3.05) is 13.1 Å². The van der Waals surface area contributed by atoms with Crippen LogP contribution in [0.25, 0.3) is 0 Å². The van der Waals surface area contributed by atoms with Crippen molar-refractivity contribution in [2.45, 2.75) is 60.2 Å². The summed E-state index contributed by atoms with van der Waals surface area (Å²) in [7, 11) is 0. The topological polar surface area (TPSA) is 28.2 Å². The Morgan fingerprint density at radius 2 is 1.95 bits per heavy atom. The third kappa shape index (κ3) is 6.49. The molecule has 0 unspecified atom stereocenters. The van der Waals surface area contributed by atoms with E-state index in [1.165, 1.54) is 17.7 Å². The van der Waals surface area contributed by atoms with Gasteiger partial charge in [-0.1, -0.05) is 26.8 Å². The molecule has 0 saturated carbocycles. The highest BCUT2D eigenvalue weighted by atomic mass is 15.2. The van der Waals surface area contributed by atoms with E-state index in [1.54, 1.807) is 0 Å². The lowest BCUT2D eigenvalue weighted by Crippen LogP contribution is -2.33. The molecule has 0 aliphatic heterocycles. The molecule has 0 radical (unpaired) electrons. The maximum absolute atomic E-state index is 4.61. The Hall–Kier alpha value is -0.930. The zero-order valence-corrected chi connectivity index (χ0v) is 13.8. The van der Waals surface area contributed by atoms with Gasteiger partial charge in [0.25, 0.3) is 0 Å². The van der Waals surface area contributed by atoms with E-state index >= 15 is 0 Å². The van der Waals surface area contributed by atoms with Crippen LogP contribution in [0.1, 0.15) is 52.3 Å². The van der Waals surface area contributed by atoms with Crippen molar-refractivity contribution in [2.24, 2.45) is 5.92 Å². The molecule has 0 spiro atoms. The first-order valence-electron chi connectivity index (χ1n) is 7.91. The predicted octanol–water partition coefficient (Wildman–Crippen LogP) is 3.45. The second-order valence-corrected chi connectivity index (χ2v) is 6.25. The first-order chi connectivity index (χ1) is 9.52. The minimum atomic E-state index is 0.560. The molecule has 0 fully saturated rings. The molecule has 1 rings (SSSR count). The molecule has 0 saturated heterocycles. The molecule has 0 aromatic carbocycles. The maximum atomic E-state index is 4.61. The van der Waals surface area contributed by atoms with E-state index in [4.69, 9.17) is 0 Å². The molecule has 3 heteroatoms. The van der Waals surface area contributed by atoms with Crippen molar-refractivity contribution >= 4 is 0 Å². The molecule has 1 N–H and O–H groups in total. The maximum Gasteiger partial charge on any atom is 0.0544 e. The van der Waals surface area contributed by atoms with E-state index < -0.39 is 0 Å². The summed E-state index contributed by atoms with van der Waals surface area (Å²) in [5, 5.41) is 3.41. The van der Waals surface area contributed by atoms with Gasteiger partial charge in [-0.15, -0.1) is 0 Å². The lowest BCUT2D eigenvalue weighted by Gasteiger charge is -2.27. The fourth-order valence-electron chi connectivity index (χ4n) is 2.20. The highest BCUT2D eigenvalue weighted by molar-refractivity contribution is 5.14. The van der Waals surface area contributed by atoms with Crippen LogP contribution in [0.5, 0.6) is 0 Å². The van der Waals surface area contributed by atoms with Crippen molar-refractivity contribution in [3.8, 4) is 0 Å². The van der Waals surface area contributed by atoms with E-state index in [0.29, 0.717) is 12.0 Å². The van der Waals surface area contributed by atoms with E-state index in [2.05, 4.69) is 62.0 Å². The summed E-state index contributed by atoms with van der Waals surface area (Å²) in [6, 6.07) is 4.92. The molecule has 0 amide bonds. The normalized spacial score (nSPS) is 11.8. The SMILES string of the molecule is CCCNCc1ccc(CN(CC(C)C)C(C)C)nc1. The summed E-state index contributed by atoms with van der Waals surface area (Å²) in [4.78, 5) is 7.09. The van der Waals surface area contributed by atoms with Gasteiger partial charge in [-0.25, -0.2) is 0 Å². The fourth-order valence-corrected chi connectivity index (χ4v) is 2.20. The fraction of sp³-hybridized carbons (Fsp3) is 0.706.